The molecule has 0 atom stereocenters. The predicted octanol–water partition coefficient (Wildman–Crippen LogP) is 4.00. The molecule has 0 heterocycles. The van der Waals surface area contributed by atoms with Crippen molar-refractivity contribution in [3.05, 3.63) is 40.6 Å². The van der Waals surface area contributed by atoms with Gasteiger partial charge in [0.2, 0.25) is 0 Å². The van der Waals surface area contributed by atoms with Crippen molar-refractivity contribution in [2.24, 2.45) is 10.2 Å². The number of azo groups is 1. The normalized spacial score (nSPS) is 21.0. The lowest BCUT2D eigenvalue weighted by Gasteiger charge is -2.29. The molecule has 6 nitrogen and oxygen atoms in total. The number of benzene rings is 1. The topological polar surface area (TPSA) is 86.8 Å². The molecule has 1 aromatic rings. The summed E-state index contributed by atoms with van der Waals surface area (Å²) < 4.78 is 5.94. The summed E-state index contributed by atoms with van der Waals surface area (Å²) >= 11 is 6.02. The molecule has 1 saturated carbocycles. The van der Waals surface area contributed by atoms with Crippen LogP contribution in [0.25, 0.3) is 0 Å². The molecule has 132 valence electrons. The molecule has 1 aliphatic rings. The van der Waals surface area contributed by atoms with Gasteiger partial charge in [0.1, 0.15) is 17.5 Å². The lowest BCUT2D eigenvalue weighted by atomic mass is 9.93. The highest BCUT2D eigenvalue weighted by Crippen LogP contribution is 2.27. The van der Waals surface area contributed by atoms with Crippen LogP contribution in [0.3, 0.4) is 0 Å². The molecule has 25 heavy (non-hydrogen) atoms. The van der Waals surface area contributed by atoms with Gasteiger partial charge in [-0.2, -0.15) is 15.5 Å². The van der Waals surface area contributed by atoms with Gasteiger partial charge in [-0.3, -0.25) is 4.79 Å². The quantitative estimate of drug-likeness (QED) is 0.635. The van der Waals surface area contributed by atoms with E-state index in [1.54, 1.807) is 31.2 Å². The van der Waals surface area contributed by atoms with Crippen molar-refractivity contribution < 1.29 is 9.53 Å². The SMILES string of the molecule is C/C=C(\N=N/C)C(=O)N[C@H]1CC[C@H](Oc2ccc(C#N)c(Cl)c2)CC1. The summed E-state index contributed by atoms with van der Waals surface area (Å²) in [6.07, 6.45) is 5.06. The average Bonchev–Trinajstić information content (AvgIpc) is 2.61. The van der Waals surface area contributed by atoms with Crippen LogP contribution < -0.4 is 10.1 Å². The van der Waals surface area contributed by atoms with E-state index in [0.717, 1.165) is 25.7 Å². The molecule has 2 rings (SSSR count). The first-order valence-corrected chi connectivity index (χ1v) is 8.58. The zero-order chi connectivity index (χ0) is 18.2. The molecule has 1 N–H and O–H groups in total. The summed E-state index contributed by atoms with van der Waals surface area (Å²) in [6.45, 7) is 1.76. The number of amides is 1. The third kappa shape index (κ3) is 5.30. The van der Waals surface area contributed by atoms with Gasteiger partial charge in [0.15, 0.2) is 0 Å². The number of carbonyl (C=O) groups is 1. The molecule has 1 aliphatic carbocycles. The molecule has 0 bridgehead atoms. The van der Waals surface area contributed by atoms with Crippen molar-refractivity contribution in [3.63, 3.8) is 0 Å². The smallest absolute Gasteiger partial charge is 0.271 e. The molecule has 0 spiro atoms. The van der Waals surface area contributed by atoms with Gasteiger partial charge in [-0.1, -0.05) is 17.7 Å². The van der Waals surface area contributed by atoms with Crippen LogP contribution in [0.1, 0.15) is 38.2 Å². The number of rotatable bonds is 5. The molecule has 1 fully saturated rings. The molecule has 0 aliphatic heterocycles. The monoisotopic (exact) mass is 360 g/mol. The van der Waals surface area contributed by atoms with Crippen molar-refractivity contribution >= 4 is 17.5 Å². The van der Waals surface area contributed by atoms with Crippen LogP contribution in [-0.4, -0.2) is 25.1 Å². The number of nitrogens with zero attached hydrogens (tertiary/aromatic N) is 3. The molecule has 0 radical (unpaired) electrons. The molecule has 7 heteroatoms. The summed E-state index contributed by atoms with van der Waals surface area (Å²) in [4.78, 5) is 12.1. The summed E-state index contributed by atoms with van der Waals surface area (Å²) in [7, 11) is 1.54. The Labute approximate surface area is 152 Å². The fraction of sp³-hybridized carbons (Fsp3) is 0.444. The molecular weight excluding hydrogens is 340 g/mol. The third-order valence-electron chi connectivity index (χ3n) is 4.09. The first-order valence-electron chi connectivity index (χ1n) is 8.20. The maximum atomic E-state index is 12.1. The van der Waals surface area contributed by atoms with E-state index in [1.165, 1.54) is 7.05 Å². The number of hydrogen-bond acceptors (Lipinski definition) is 5. The summed E-state index contributed by atoms with van der Waals surface area (Å²) in [6, 6.07) is 7.22. The number of nitriles is 1. The standard InChI is InChI=1S/C18H21ClN4O2/c1-3-17(23-21-2)18(24)22-13-5-8-14(9-6-13)25-15-7-4-12(11-20)16(19)10-15/h3-4,7,10,13-14H,5-6,8-9H2,1-2H3,(H,22,24)/b17-3-,23-21-/t13-,14-. The number of allylic oxidation sites excluding steroid dienone is 1. The van der Waals surface area contributed by atoms with Crippen LogP contribution in [0, 0.1) is 11.3 Å². The molecule has 0 saturated heterocycles. The van der Waals surface area contributed by atoms with Gasteiger partial charge in [0.05, 0.1) is 16.7 Å². The van der Waals surface area contributed by atoms with Gasteiger partial charge < -0.3 is 10.1 Å². The minimum atomic E-state index is -0.198. The van der Waals surface area contributed by atoms with Crippen LogP contribution in [0.2, 0.25) is 5.02 Å². The first kappa shape index (κ1) is 18.9. The summed E-state index contributed by atoms with van der Waals surface area (Å²) in [5.74, 6) is 0.465. The Balaban J connectivity index is 1.84. The highest BCUT2D eigenvalue weighted by atomic mass is 35.5. The van der Waals surface area contributed by atoms with Gasteiger partial charge >= 0.3 is 0 Å². The molecule has 1 amide bonds. The second-order valence-corrected chi connectivity index (χ2v) is 6.20. The number of ether oxygens (including phenoxy) is 1. The fourth-order valence-corrected chi connectivity index (χ4v) is 2.99. The Hall–Kier alpha value is -2.39. The third-order valence-corrected chi connectivity index (χ3v) is 4.40. The highest BCUT2D eigenvalue weighted by Gasteiger charge is 2.24. The van der Waals surface area contributed by atoms with E-state index in [2.05, 4.69) is 15.5 Å². The number of carbonyl (C=O) groups excluding carboxylic acids is 1. The zero-order valence-corrected chi connectivity index (χ0v) is 15.1. The first-order chi connectivity index (χ1) is 12.1. The largest absolute Gasteiger partial charge is 0.490 e. The minimum absolute atomic E-state index is 0.0775. The van der Waals surface area contributed by atoms with Gasteiger partial charge in [0.25, 0.3) is 5.91 Å². The van der Waals surface area contributed by atoms with E-state index in [1.807, 2.05) is 6.07 Å². The summed E-state index contributed by atoms with van der Waals surface area (Å²) in [5.41, 5.74) is 0.762. The second kappa shape index (κ2) is 9.19. The lowest BCUT2D eigenvalue weighted by molar-refractivity contribution is -0.118. The van der Waals surface area contributed by atoms with Crippen molar-refractivity contribution in [1.82, 2.24) is 5.32 Å². The number of hydrogen-bond donors (Lipinski definition) is 1. The Morgan fingerprint density at radius 1 is 1.40 bits per heavy atom. The Bertz CT molecular complexity index is 716. The van der Waals surface area contributed by atoms with Gasteiger partial charge in [-0.05, 0) is 44.7 Å². The van der Waals surface area contributed by atoms with E-state index >= 15 is 0 Å². The Morgan fingerprint density at radius 2 is 2.12 bits per heavy atom. The van der Waals surface area contributed by atoms with Crippen molar-refractivity contribution in [2.45, 2.75) is 44.8 Å². The van der Waals surface area contributed by atoms with Crippen LogP contribution >= 0.6 is 11.6 Å². The molecular formula is C18H21ClN4O2. The van der Waals surface area contributed by atoms with E-state index in [-0.39, 0.29) is 18.1 Å². The minimum Gasteiger partial charge on any atom is -0.490 e. The lowest BCUT2D eigenvalue weighted by Crippen LogP contribution is -2.40. The molecule has 0 unspecified atom stereocenters. The molecule has 0 aromatic heterocycles. The van der Waals surface area contributed by atoms with E-state index in [9.17, 15) is 4.79 Å². The van der Waals surface area contributed by atoms with E-state index in [4.69, 9.17) is 21.6 Å². The van der Waals surface area contributed by atoms with Gasteiger partial charge in [-0.15, -0.1) is 0 Å². The van der Waals surface area contributed by atoms with Crippen molar-refractivity contribution in [2.75, 3.05) is 7.05 Å². The van der Waals surface area contributed by atoms with Gasteiger partial charge in [0, 0.05) is 19.2 Å². The zero-order valence-electron chi connectivity index (χ0n) is 14.3. The maximum Gasteiger partial charge on any atom is 0.271 e. The Kier molecular flexibility index (Phi) is 6.96. The van der Waals surface area contributed by atoms with Gasteiger partial charge in [-0.25, -0.2) is 0 Å². The van der Waals surface area contributed by atoms with Crippen molar-refractivity contribution in [1.29, 1.82) is 5.26 Å². The maximum absolute atomic E-state index is 12.1. The van der Waals surface area contributed by atoms with E-state index in [0.29, 0.717) is 22.0 Å². The highest BCUT2D eigenvalue weighted by molar-refractivity contribution is 6.31. The summed E-state index contributed by atoms with van der Waals surface area (Å²) in [5, 5.41) is 19.7. The predicted molar refractivity (Wildman–Crippen MR) is 95.5 cm³/mol. The second-order valence-electron chi connectivity index (χ2n) is 5.79. The number of nitrogens with one attached hydrogen (secondary N) is 1. The average molecular weight is 361 g/mol. The fourth-order valence-electron chi connectivity index (χ4n) is 2.78. The van der Waals surface area contributed by atoms with E-state index < -0.39 is 0 Å². The van der Waals surface area contributed by atoms with Crippen LogP contribution in [-0.2, 0) is 4.79 Å². The van der Waals surface area contributed by atoms with Crippen LogP contribution in [0.15, 0.2) is 40.2 Å². The van der Waals surface area contributed by atoms with Crippen molar-refractivity contribution in [3.8, 4) is 11.8 Å². The Morgan fingerprint density at radius 3 is 2.68 bits per heavy atom. The number of halogens is 1. The van der Waals surface area contributed by atoms with Crippen LogP contribution in [0.4, 0.5) is 0 Å². The molecule has 1 aromatic carbocycles. The van der Waals surface area contributed by atoms with Crippen LogP contribution in [0.5, 0.6) is 5.75 Å².